The minimum absolute atomic E-state index is 0.741. The maximum atomic E-state index is 8.87. The molecule has 0 saturated carbocycles. The van der Waals surface area contributed by atoms with Gasteiger partial charge in [0.05, 0.1) is 23.2 Å². The van der Waals surface area contributed by atoms with Crippen molar-refractivity contribution in [1.82, 2.24) is 0 Å². The van der Waals surface area contributed by atoms with E-state index in [4.69, 9.17) is 10.00 Å². The molecule has 0 fully saturated rings. The molecule has 1 aromatic rings. The molecule has 0 aliphatic heterocycles. The lowest BCUT2D eigenvalue weighted by atomic mass is 10.1. The molecule has 0 saturated heterocycles. The molecule has 0 aromatic heterocycles. The van der Waals surface area contributed by atoms with Gasteiger partial charge in [-0.2, -0.15) is 5.26 Å². The molecule has 0 bridgehead atoms. The predicted octanol–water partition coefficient (Wildman–Crippen LogP) is 2.92. The number of allylic oxidation sites excluding steroid dienone is 2. The van der Waals surface area contributed by atoms with Crippen LogP contribution in [-0.4, -0.2) is 7.11 Å². The lowest BCUT2D eigenvalue weighted by Gasteiger charge is -2.06. The summed E-state index contributed by atoms with van der Waals surface area (Å²) >= 11 is 3.42. The van der Waals surface area contributed by atoms with Gasteiger partial charge < -0.3 is 4.74 Å². The Bertz CT molecular complexity index is 457. The summed E-state index contributed by atoms with van der Waals surface area (Å²) in [6.07, 6.45) is 2.78. The highest BCUT2D eigenvalue weighted by Crippen LogP contribution is 2.35. The Kier molecular flexibility index (Phi) is 2.30. The maximum absolute atomic E-state index is 8.87. The minimum atomic E-state index is 0.741. The second-order valence-electron chi connectivity index (χ2n) is 3.08. The van der Waals surface area contributed by atoms with Crippen molar-refractivity contribution >= 4 is 21.5 Å². The molecular weight excluding hydrogens is 242 g/mol. The van der Waals surface area contributed by atoms with Crippen molar-refractivity contribution in [3.05, 3.63) is 33.8 Å². The van der Waals surface area contributed by atoms with Gasteiger partial charge in [-0.25, -0.2) is 0 Å². The Balaban J connectivity index is 2.57. The van der Waals surface area contributed by atoms with Gasteiger partial charge in [-0.05, 0) is 45.6 Å². The lowest BCUT2D eigenvalue weighted by Crippen LogP contribution is -1.89. The van der Waals surface area contributed by atoms with Crippen LogP contribution in [0.1, 0.15) is 11.1 Å². The molecule has 3 heteroatoms. The summed E-state index contributed by atoms with van der Waals surface area (Å²) in [5.74, 6) is 0.770. The predicted molar refractivity (Wildman–Crippen MR) is 58.0 cm³/mol. The van der Waals surface area contributed by atoms with Crippen LogP contribution < -0.4 is 4.74 Å². The highest BCUT2D eigenvalue weighted by atomic mass is 79.9. The molecule has 0 unspecified atom stereocenters. The SMILES string of the molecule is COc1cc2c(cc1Br)CC=C2C#N. The van der Waals surface area contributed by atoms with Crippen LogP contribution in [0.15, 0.2) is 22.7 Å². The second-order valence-corrected chi connectivity index (χ2v) is 3.93. The fraction of sp³-hybridized carbons (Fsp3) is 0.182. The van der Waals surface area contributed by atoms with Crippen molar-refractivity contribution in [3.63, 3.8) is 0 Å². The highest BCUT2D eigenvalue weighted by molar-refractivity contribution is 9.10. The fourth-order valence-corrected chi connectivity index (χ4v) is 2.15. The molecule has 0 radical (unpaired) electrons. The summed E-state index contributed by atoms with van der Waals surface area (Å²) in [7, 11) is 1.62. The molecule has 1 aliphatic rings. The van der Waals surface area contributed by atoms with Crippen LogP contribution in [0, 0.1) is 11.3 Å². The van der Waals surface area contributed by atoms with Crippen molar-refractivity contribution in [3.8, 4) is 11.8 Å². The number of benzene rings is 1. The number of nitrogens with zero attached hydrogens (tertiary/aromatic N) is 1. The van der Waals surface area contributed by atoms with Gasteiger partial charge >= 0.3 is 0 Å². The average Bonchev–Trinajstić information content (AvgIpc) is 2.58. The van der Waals surface area contributed by atoms with E-state index in [1.54, 1.807) is 7.11 Å². The van der Waals surface area contributed by atoms with E-state index in [1.165, 1.54) is 5.56 Å². The standard InChI is InChI=1S/C11H8BrNO/c1-14-11-5-9-7(4-10(11)12)2-3-8(9)6-13/h3-5H,2H2,1H3. The van der Waals surface area contributed by atoms with Crippen molar-refractivity contribution in [2.45, 2.75) is 6.42 Å². The van der Waals surface area contributed by atoms with Gasteiger partial charge in [0.25, 0.3) is 0 Å². The highest BCUT2D eigenvalue weighted by Gasteiger charge is 2.16. The Morgan fingerprint density at radius 2 is 2.29 bits per heavy atom. The van der Waals surface area contributed by atoms with Crippen LogP contribution in [0.25, 0.3) is 5.57 Å². The summed E-state index contributed by atoms with van der Waals surface area (Å²) < 4.78 is 6.12. The molecule has 2 rings (SSSR count). The molecule has 0 heterocycles. The van der Waals surface area contributed by atoms with Crippen molar-refractivity contribution in [1.29, 1.82) is 5.26 Å². The smallest absolute Gasteiger partial charge is 0.133 e. The zero-order valence-corrected chi connectivity index (χ0v) is 9.26. The Labute approximate surface area is 90.9 Å². The minimum Gasteiger partial charge on any atom is -0.496 e. The third-order valence-electron chi connectivity index (χ3n) is 2.31. The number of ether oxygens (including phenoxy) is 1. The normalized spacial score (nSPS) is 13.1. The van der Waals surface area contributed by atoms with Crippen molar-refractivity contribution in [2.75, 3.05) is 7.11 Å². The third-order valence-corrected chi connectivity index (χ3v) is 2.93. The first-order chi connectivity index (χ1) is 6.76. The number of methoxy groups -OCH3 is 1. The Morgan fingerprint density at radius 1 is 1.50 bits per heavy atom. The third kappa shape index (κ3) is 1.32. The van der Waals surface area contributed by atoms with E-state index in [1.807, 2.05) is 18.2 Å². The van der Waals surface area contributed by atoms with E-state index in [0.29, 0.717) is 0 Å². The van der Waals surface area contributed by atoms with Gasteiger partial charge in [-0.15, -0.1) is 0 Å². The Hall–Kier alpha value is -1.27. The number of hydrogen-bond donors (Lipinski definition) is 0. The molecule has 1 aromatic carbocycles. The summed E-state index contributed by atoms with van der Waals surface area (Å²) in [5, 5.41) is 8.87. The molecule has 0 amide bonds. The number of rotatable bonds is 1. The van der Waals surface area contributed by atoms with E-state index in [0.717, 1.165) is 27.8 Å². The number of fused-ring (bicyclic) bond motifs is 1. The zero-order chi connectivity index (χ0) is 10.1. The van der Waals surface area contributed by atoms with Gasteiger partial charge in [0.2, 0.25) is 0 Å². The van der Waals surface area contributed by atoms with Crippen molar-refractivity contribution < 1.29 is 4.74 Å². The number of hydrogen-bond acceptors (Lipinski definition) is 2. The van der Waals surface area contributed by atoms with E-state index in [9.17, 15) is 0 Å². The summed E-state index contributed by atoms with van der Waals surface area (Å²) in [4.78, 5) is 0. The molecule has 0 atom stereocenters. The summed E-state index contributed by atoms with van der Waals surface area (Å²) in [6, 6.07) is 6.09. The first-order valence-corrected chi connectivity index (χ1v) is 5.02. The lowest BCUT2D eigenvalue weighted by molar-refractivity contribution is 0.412. The first-order valence-electron chi connectivity index (χ1n) is 4.23. The van der Waals surface area contributed by atoms with E-state index in [2.05, 4.69) is 22.0 Å². The van der Waals surface area contributed by atoms with Crippen LogP contribution in [-0.2, 0) is 6.42 Å². The van der Waals surface area contributed by atoms with E-state index >= 15 is 0 Å². The monoisotopic (exact) mass is 249 g/mol. The second kappa shape index (κ2) is 3.47. The molecule has 14 heavy (non-hydrogen) atoms. The summed E-state index contributed by atoms with van der Waals surface area (Å²) in [5.41, 5.74) is 2.91. The maximum Gasteiger partial charge on any atom is 0.133 e. The fourth-order valence-electron chi connectivity index (χ4n) is 1.60. The van der Waals surface area contributed by atoms with E-state index in [-0.39, 0.29) is 0 Å². The molecule has 70 valence electrons. The average molecular weight is 250 g/mol. The summed E-state index contributed by atoms with van der Waals surface area (Å²) in [6.45, 7) is 0. The van der Waals surface area contributed by atoms with E-state index < -0.39 is 0 Å². The topological polar surface area (TPSA) is 33.0 Å². The van der Waals surface area contributed by atoms with Crippen LogP contribution in [0.3, 0.4) is 0 Å². The van der Waals surface area contributed by atoms with Crippen molar-refractivity contribution in [2.24, 2.45) is 0 Å². The quantitative estimate of drug-likeness (QED) is 0.767. The number of halogens is 1. The number of nitriles is 1. The van der Waals surface area contributed by atoms with Gasteiger partial charge in [0, 0.05) is 0 Å². The Morgan fingerprint density at radius 3 is 2.93 bits per heavy atom. The zero-order valence-electron chi connectivity index (χ0n) is 7.67. The van der Waals surface area contributed by atoms with Gasteiger partial charge in [0.1, 0.15) is 5.75 Å². The molecule has 2 nitrogen and oxygen atoms in total. The van der Waals surface area contributed by atoms with Gasteiger partial charge in [-0.3, -0.25) is 0 Å². The van der Waals surface area contributed by atoms with Crippen LogP contribution in [0.5, 0.6) is 5.75 Å². The van der Waals surface area contributed by atoms with Gasteiger partial charge in [-0.1, -0.05) is 6.08 Å². The first kappa shape index (κ1) is 9.29. The van der Waals surface area contributed by atoms with Crippen LogP contribution in [0.4, 0.5) is 0 Å². The van der Waals surface area contributed by atoms with Gasteiger partial charge in [0.15, 0.2) is 0 Å². The molecule has 0 N–H and O–H groups in total. The molecule has 1 aliphatic carbocycles. The van der Waals surface area contributed by atoms with Crippen LogP contribution >= 0.6 is 15.9 Å². The molecule has 0 spiro atoms. The van der Waals surface area contributed by atoms with Crippen LogP contribution in [0.2, 0.25) is 0 Å². The largest absolute Gasteiger partial charge is 0.496 e. The molecular formula is C11H8BrNO.